The molecule has 132 valence electrons. The molecule has 25 heavy (non-hydrogen) atoms. The van der Waals surface area contributed by atoms with Gasteiger partial charge in [-0.2, -0.15) is 18.2 Å². The highest BCUT2D eigenvalue weighted by molar-refractivity contribution is 7.90. The van der Waals surface area contributed by atoms with E-state index >= 15 is 0 Å². The Morgan fingerprint density at radius 3 is 2.80 bits per heavy atom. The van der Waals surface area contributed by atoms with Crippen molar-refractivity contribution < 1.29 is 27.9 Å². The second kappa shape index (κ2) is 6.93. The molecule has 0 aliphatic heterocycles. The number of rotatable bonds is 5. The lowest BCUT2D eigenvalue weighted by molar-refractivity contribution is -0.153. The zero-order chi connectivity index (χ0) is 21.6. The van der Waals surface area contributed by atoms with Crippen LogP contribution in [0.3, 0.4) is 0 Å². The Balaban J connectivity index is 1.98. The number of pyridine rings is 1. The smallest absolute Gasteiger partial charge is 0.422 e. The van der Waals surface area contributed by atoms with Gasteiger partial charge in [0.2, 0.25) is 0 Å². The maximum atomic E-state index is 12.9. The Kier molecular flexibility index (Phi) is 3.61. The van der Waals surface area contributed by atoms with Crippen LogP contribution in [0.4, 0.5) is 13.2 Å². The molecule has 2 heterocycles. The van der Waals surface area contributed by atoms with Gasteiger partial charge in [-0.1, -0.05) is 12.1 Å². The summed E-state index contributed by atoms with van der Waals surface area (Å²) in [6.07, 6.45) is -4.35. The predicted octanol–water partition coefficient (Wildman–Crippen LogP) is 3.52. The summed E-state index contributed by atoms with van der Waals surface area (Å²) in [5, 5.41) is -0.172. The lowest BCUT2D eigenvalue weighted by Crippen LogP contribution is -2.20. The molecule has 1 unspecified atom stereocenters. The molecule has 3 aromatic rings. The normalized spacial score (nSPS) is 16.7. The summed E-state index contributed by atoms with van der Waals surface area (Å²) in [5.74, 6) is -0.567. The Morgan fingerprint density at radius 2 is 2.08 bits per heavy atom. The third-order valence-corrected chi connectivity index (χ3v) is 4.09. The van der Waals surface area contributed by atoms with E-state index in [9.17, 15) is 17.7 Å². The fourth-order valence-corrected chi connectivity index (χ4v) is 2.86. The van der Waals surface area contributed by atoms with E-state index in [1.165, 1.54) is 6.92 Å². The summed E-state index contributed by atoms with van der Waals surface area (Å²) < 4.78 is 86.2. The average Bonchev–Trinajstić information content (AvgIpc) is 3.05. The quantitative estimate of drug-likeness (QED) is 0.695. The van der Waals surface area contributed by atoms with Gasteiger partial charge in [0.05, 0.1) is 22.2 Å². The Morgan fingerprint density at radius 1 is 1.32 bits per heavy atom. The van der Waals surface area contributed by atoms with Crippen LogP contribution in [0.25, 0.3) is 11.0 Å². The van der Waals surface area contributed by atoms with Gasteiger partial charge in [-0.15, -0.1) is 0 Å². The molecule has 0 amide bonds. The summed E-state index contributed by atoms with van der Waals surface area (Å²) in [4.78, 5) is 10.6. The highest BCUT2D eigenvalue weighted by atomic mass is 32.2. The first kappa shape index (κ1) is 13.0. The highest BCUT2D eigenvalue weighted by Crippen LogP contribution is 2.25. The Bertz CT molecular complexity index is 1010. The van der Waals surface area contributed by atoms with Crippen molar-refractivity contribution in [2.24, 2.45) is 0 Å². The van der Waals surface area contributed by atoms with Gasteiger partial charge < -0.3 is 9.29 Å². The molecule has 0 radical (unpaired) electrons. The monoisotopic (exact) mass is 373 g/mol. The number of para-hydroxylation sites is 2. The maximum Gasteiger partial charge on any atom is 0.422 e. The summed E-state index contributed by atoms with van der Waals surface area (Å²) >= 11 is -2.40. The molecular weight excluding hydrogens is 355 g/mol. The second-order valence-electron chi connectivity index (χ2n) is 4.91. The van der Waals surface area contributed by atoms with Gasteiger partial charge in [-0.25, -0.2) is 0 Å². The molecule has 0 saturated heterocycles. The summed E-state index contributed by atoms with van der Waals surface area (Å²) in [6.45, 7) is -2.79. The third kappa shape index (κ3) is 4.23. The number of imidazole rings is 1. The number of halogens is 3. The zero-order valence-corrected chi connectivity index (χ0v) is 13.5. The number of hydrogen-bond donors (Lipinski definition) is 1. The van der Waals surface area contributed by atoms with E-state index < -0.39 is 41.1 Å². The minimum atomic E-state index is -5.31. The molecule has 2 aromatic heterocycles. The minimum Gasteiger partial charge on any atom is -0.609 e. The SMILES string of the molecule is [2H]C([2H])(c1nccc(OC([2H])([2H])C(F)(F)F)c1C)[S+]([O-])c1nc2ccccc2[nH]1. The second-order valence-corrected chi connectivity index (χ2v) is 6.04. The van der Waals surface area contributed by atoms with Crippen molar-refractivity contribution in [3.8, 4) is 5.75 Å². The zero-order valence-electron chi connectivity index (χ0n) is 16.7. The van der Waals surface area contributed by atoms with E-state index in [0.717, 1.165) is 12.3 Å². The number of aromatic nitrogens is 3. The average molecular weight is 373 g/mol. The lowest BCUT2D eigenvalue weighted by Gasteiger charge is -2.14. The van der Waals surface area contributed by atoms with Gasteiger partial charge in [0, 0.05) is 22.9 Å². The lowest BCUT2D eigenvalue weighted by atomic mass is 10.2. The van der Waals surface area contributed by atoms with E-state index in [4.69, 9.17) is 5.48 Å². The van der Waals surface area contributed by atoms with E-state index in [1.807, 2.05) is 0 Å². The number of fused-ring (bicyclic) bond motifs is 1. The van der Waals surface area contributed by atoms with Crippen molar-refractivity contribution in [2.45, 2.75) is 24.0 Å². The molecule has 9 heteroatoms. The van der Waals surface area contributed by atoms with Gasteiger partial charge in [0.25, 0.3) is 0 Å². The van der Waals surface area contributed by atoms with E-state index in [2.05, 4.69) is 19.7 Å². The molecule has 0 aliphatic rings. The number of nitrogens with one attached hydrogen (secondary N) is 1. The third-order valence-electron chi connectivity index (χ3n) is 3.16. The summed E-state index contributed by atoms with van der Waals surface area (Å²) in [5.41, 5.74) is -2.32. The first-order valence-electron chi connectivity index (χ1n) is 8.93. The van der Waals surface area contributed by atoms with E-state index in [0.29, 0.717) is 11.0 Å². The molecule has 0 spiro atoms. The Hall–Kier alpha value is -2.26. The van der Waals surface area contributed by atoms with Crippen LogP contribution in [0.15, 0.2) is 41.7 Å². The maximum absolute atomic E-state index is 12.9. The first-order chi connectivity index (χ1) is 13.3. The van der Waals surface area contributed by atoms with Crippen molar-refractivity contribution in [1.82, 2.24) is 15.0 Å². The van der Waals surface area contributed by atoms with Crippen LogP contribution in [-0.2, 0) is 16.9 Å². The fourth-order valence-electron chi connectivity index (χ4n) is 2.00. The van der Waals surface area contributed by atoms with Crippen molar-refractivity contribution in [2.75, 3.05) is 6.56 Å². The molecular formula is C16H14F3N3O2S. The molecule has 0 fully saturated rings. The number of H-pyrrole nitrogens is 1. The van der Waals surface area contributed by atoms with Gasteiger partial charge in [0.1, 0.15) is 5.75 Å². The van der Waals surface area contributed by atoms with Gasteiger partial charge in [0.15, 0.2) is 12.3 Å². The van der Waals surface area contributed by atoms with Gasteiger partial charge >= 0.3 is 11.3 Å². The summed E-state index contributed by atoms with van der Waals surface area (Å²) in [7, 11) is 0. The van der Waals surface area contributed by atoms with Crippen LogP contribution in [0, 0.1) is 6.92 Å². The molecule has 3 rings (SSSR count). The predicted molar refractivity (Wildman–Crippen MR) is 86.7 cm³/mol. The molecule has 0 saturated carbocycles. The number of alkyl halides is 3. The number of hydrogen-bond acceptors (Lipinski definition) is 4. The van der Waals surface area contributed by atoms with Gasteiger partial charge in [-0.05, 0) is 25.1 Å². The van der Waals surface area contributed by atoms with Crippen LogP contribution in [0.5, 0.6) is 5.75 Å². The molecule has 1 N–H and O–H groups in total. The number of aromatic amines is 1. The standard InChI is InChI=1S/C16H14F3N3O2S/c1-10-13(20-7-6-14(10)24-9-16(17,18)19)8-25(23)15-21-11-4-2-3-5-12(11)22-15/h2-7H,8-9H2,1H3,(H,21,22)/i8D2,9D2. The number of nitrogens with zero attached hydrogens (tertiary/aromatic N) is 2. The molecule has 1 aromatic carbocycles. The largest absolute Gasteiger partial charge is 0.609 e. The summed E-state index contributed by atoms with van der Waals surface area (Å²) in [6, 6.07) is 7.69. The van der Waals surface area contributed by atoms with Crippen molar-refractivity contribution >= 4 is 22.2 Å². The first-order valence-corrected chi connectivity index (χ1v) is 8.08. The van der Waals surface area contributed by atoms with Crippen LogP contribution < -0.4 is 4.74 Å². The van der Waals surface area contributed by atoms with E-state index in [1.54, 1.807) is 24.3 Å². The minimum absolute atomic E-state index is 0.172. The van der Waals surface area contributed by atoms with Crippen LogP contribution in [0.1, 0.15) is 16.7 Å². The van der Waals surface area contributed by atoms with E-state index in [-0.39, 0.29) is 10.7 Å². The molecule has 1 atom stereocenters. The molecule has 0 bridgehead atoms. The van der Waals surface area contributed by atoms with Crippen molar-refractivity contribution in [3.05, 3.63) is 47.8 Å². The van der Waals surface area contributed by atoms with Crippen LogP contribution >= 0.6 is 0 Å². The molecule has 5 nitrogen and oxygen atoms in total. The Labute approximate surface area is 150 Å². The van der Waals surface area contributed by atoms with Crippen molar-refractivity contribution in [3.63, 3.8) is 0 Å². The topological polar surface area (TPSA) is 73.9 Å². The van der Waals surface area contributed by atoms with Crippen LogP contribution in [0.2, 0.25) is 0 Å². The number of ether oxygens (including phenoxy) is 1. The van der Waals surface area contributed by atoms with Crippen molar-refractivity contribution in [1.29, 1.82) is 0 Å². The van der Waals surface area contributed by atoms with Gasteiger partial charge in [-0.3, -0.25) is 9.97 Å². The molecule has 0 aliphatic carbocycles. The fraction of sp³-hybridized carbons (Fsp3) is 0.250. The number of benzene rings is 1. The highest BCUT2D eigenvalue weighted by Gasteiger charge is 2.29. The van der Waals surface area contributed by atoms with Crippen LogP contribution in [-0.4, -0.2) is 32.2 Å².